The molecule has 0 saturated carbocycles. The molecule has 3 atom stereocenters. The van der Waals surface area contributed by atoms with Gasteiger partial charge < -0.3 is 5.11 Å². The number of para-hydroxylation sites is 1. The van der Waals surface area contributed by atoms with Crippen molar-refractivity contribution in [2.75, 3.05) is 5.06 Å². The number of halogens is 1. The van der Waals surface area contributed by atoms with E-state index in [9.17, 15) is 14.7 Å². The van der Waals surface area contributed by atoms with Crippen molar-refractivity contribution in [2.24, 2.45) is 5.92 Å². The second kappa shape index (κ2) is 7.83. The molecule has 0 unspecified atom stereocenters. The van der Waals surface area contributed by atoms with E-state index in [1.165, 1.54) is 4.90 Å². The van der Waals surface area contributed by atoms with Gasteiger partial charge in [0.05, 0.1) is 18.3 Å². The van der Waals surface area contributed by atoms with Crippen LogP contribution in [0.4, 0.5) is 5.69 Å². The van der Waals surface area contributed by atoms with Crippen molar-refractivity contribution in [3.63, 3.8) is 0 Å². The molecule has 31 heavy (non-hydrogen) atoms. The van der Waals surface area contributed by atoms with Crippen molar-refractivity contribution in [1.29, 1.82) is 0 Å². The van der Waals surface area contributed by atoms with Crippen LogP contribution in [-0.2, 0) is 21.0 Å². The normalized spacial score (nSPS) is 22.8. The predicted molar refractivity (Wildman–Crippen MR) is 118 cm³/mol. The number of phenolic OH excluding ortho intramolecular Hbond substituents is 1. The van der Waals surface area contributed by atoms with Crippen molar-refractivity contribution in [1.82, 2.24) is 4.90 Å². The molecule has 3 aromatic carbocycles. The van der Waals surface area contributed by atoms with Gasteiger partial charge in [-0.1, -0.05) is 64.5 Å². The zero-order chi connectivity index (χ0) is 21.5. The maximum atomic E-state index is 13.5. The van der Waals surface area contributed by atoms with Gasteiger partial charge in [0.2, 0.25) is 5.91 Å². The summed E-state index contributed by atoms with van der Waals surface area (Å²) in [6, 6.07) is 23.1. The zero-order valence-electron chi connectivity index (χ0n) is 16.4. The number of aromatic hydroxyl groups is 1. The van der Waals surface area contributed by atoms with Gasteiger partial charge in [0.25, 0.3) is 5.91 Å². The summed E-state index contributed by atoms with van der Waals surface area (Å²) in [6.07, 6.45) is -0.945. The molecule has 156 valence electrons. The van der Waals surface area contributed by atoms with Gasteiger partial charge in [0.15, 0.2) is 6.10 Å². The third-order valence-corrected chi connectivity index (χ3v) is 6.20. The first-order chi connectivity index (χ1) is 15.0. The van der Waals surface area contributed by atoms with Gasteiger partial charge in [-0.2, -0.15) is 0 Å². The number of carbonyl (C=O) groups excluding carboxylic acids is 2. The third kappa shape index (κ3) is 3.40. The van der Waals surface area contributed by atoms with E-state index in [2.05, 4.69) is 15.9 Å². The van der Waals surface area contributed by atoms with Crippen molar-refractivity contribution in [3.8, 4) is 5.75 Å². The molecule has 2 fully saturated rings. The van der Waals surface area contributed by atoms with E-state index in [-0.39, 0.29) is 24.1 Å². The van der Waals surface area contributed by atoms with Gasteiger partial charge in [-0.3, -0.25) is 19.3 Å². The Balaban J connectivity index is 1.56. The number of hydroxylamine groups is 1. The van der Waals surface area contributed by atoms with Gasteiger partial charge in [-0.15, -0.1) is 0 Å². The lowest BCUT2D eigenvalue weighted by atomic mass is 9.90. The quantitative estimate of drug-likeness (QED) is 0.569. The molecule has 2 amide bonds. The third-order valence-electron chi connectivity index (χ3n) is 5.71. The summed E-state index contributed by atoms with van der Waals surface area (Å²) in [4.78, 5) is 34.0. The first-order valence-corrected chi connectivity index (χ1v) is 10.7. The summed E-state index contributed by atoms with van der Waals surface area (Å²) in [6.45, 7) is 0.192. The van der Waals surface area contributed by atoms with E-state index >= 15 is 0 Å². The van der Waals surface area contributed by atoms with Crippen LogP contribution < -0.4 is 5.06 Å². The smallest absolute Gasteiger partial charge is 0.262 e. The Labute approximate surface area is 187 Å². The summed E-state index contributed by atoms with van der Waals surface area (Å²) in [5.41, 5.74) is 2.09. The summed E-state index contributed by atoms with van der Waals surface area (Å²) in [5, 5.41) is 12.2. The van der Waals surface area contributed by atoms with Crippen LogP contribution in [0.2, 0.25) is 0 Å². The number of hydrogen-bond donors (Lipinski definition) is 1. The predicted octanol–water partition coefficient (Wildman–Crippen LogP) is 4.20. The standard InChI is InChI=1S/C24H19BrN2O4/c25-16-11-12-19(28)18(13-16)21-20-22(31-27(21)17-9-5-2-6-10-17)24(30)26(23(20)29)14-15-7-3-1-4-8-15/h1-13,20-22,28H,14H2/t20-,21-,22-/m1/s1. The highest BCUT2D eigenvalue weighted by Gasteiger charge is 2.60. The van der Waals surface area contributed by atoms with Crippen molar-refractivity contribution in [2.45, 2.75) is 18.7 Å². The Bertz CT molecular complexity index is 1140. The molecule has 5 rings (SSSR count). The van der Waals surface area contributed by atoms with Crippen LogP contribution in [0.25, 0.3) is 0 Å². The van der Waals surface area contributed by atoms with Gasteiger partial charge in [-0.05, 0) is 35.9 Å². The molecular weight excluding hydrogens is 460 g/mol. The van der Waals surface area contributed by atoms with Gasteiger partial charge in [-0.25, -0.2) is 5.06 Å². The Morgan fingerprint density at radius 1 is 0.903 bits per heavy atom. The van der Waals surface area contributed by atoms with E-state index in [1.807, 2.05) is 60.7 Å². The molecule has 0 radical (unpaired) electrons. The maximum Gasteiger partial charge on any atom is 0.262 e. The zero-order valence-corrected chi connectivity index (χ0v) is 18.0. The molecule has 1 N–H and O–H groups in total. The molecule has 0 aromatic heterocycles. The molecule has 6 nitrogen and oxygen atoms in total. The molecule has 0 bridgehead atoms. The maximum absolute atomic E-state index is 13.5. The number of anilines is 1. The van der Waals surface area contributed by atoms with Crippen molar-refractivity contribution >= 4 is 33.4 Å². The number of fused-ring (bicyclic) bond motifs is 1. The molecule has 2 saturated heterocycles. The van der Waals surface area contributed by atoms with Crippen LogP contribution in [0, 0.1) is 5.92 Å². The number of benzene rings is 3. The Morgan fingerprint density at radius 2 is 1.58 bits per heavy atom. The van der Waals surface area contributed by atoms with Crippen LogP contribution in [0.5, 0.6) is 5.75 Å². The van der Waals surface area contributed by atoms with Crippen LogP contribution in [0.15, 0.2) is 83.3 Å². The van der Waals surface area contributed by atoms with Crippen LogP contribution in [0.3, 0.4) is 0 Å². The number of carbonyl (C=O) groups is 2. The van der Waals surface area contributed by atoms with Gasteiger partial charge >= 0.3 is 0 Å². The SMILES string of the molecule is O=C1[C@@H]2[C@@H](c3cc(Br)ccc3O)N(c3ccccc3)O[C@H]2C(=O)N1Cc1ccccc1. The number of rotatable bonds is 4. The van der Waals surface area contributed by atoms with E-state index in [4.69, 9.17) is 4.84 Å². The van der Waals surface area contributed by atoms with E-state index in [1.54, 1.807) is 23.3 Å². The number of phenols is 1. The van der Waals surface area contributed by atoms with E-state index in [0.29, 0.717) is 11.3 Å². The fourth-order valence-corrected chi connectivity index (χ4v) is 4.65. The summed E-state index contributed by atoms with van der Waals surface area (Å²) in [7, 11) is 0. The van der Waals surface area contributed by atoms with Crippen molar-refractivity contribution < 1.29 is 19.5 Å². The molecule has 2 heterocycles. The lowest BCUT2D eigenvalue weighted by molar-refractivity contribution is -0.143. The van der Waals surface area contributed by atoms with Crippen molar-refractivity contribution in [3.05, 3.63) is 94.5 Å². The second-order valence-corrected chi connectivity index (χ2v) is 8.53. The largest absolute Gasteiger partial charge is 0.508 e. The number of nitrogens with zero attached hydrogens (tertiary/aromatic N) is 2. The topological polar surface area (TPSA) is 70.1 Å². The lowest BCUT2D eigenvalue weighted by Gasteiger charge is -2.29. The monoisotopic (exact) mass is 478 g/mol. The molecule has 7 heteroatoms. The summed E-state index contributed by atoms with van der Waals surface area (Å²) >= 11 is 3.44. The molecule has 2 aliphatic rings. The van der Waals surface area contributed by atoms with Crippen LogP contribution in [-0.4, -0.2) is 27.9 Å². The first kappa shape index (κ1) is 19.8. The minimum Gasteiger partial charge on any atom is -0.508 e. The lowest BCUT2D eigenvalue weighted by Crippen LogP contribution is -2.37. The number of amides is 2. The number of hydrogen-bond acceptors (Lipinski definition) is 5. The molecular formula is C24H19BrN2O4. The van der Waals surface area contributed by atoms with Crippen LogP contribution in [0.1, 0.15) is 17.2 Å². The fraction of sp³-hybridized carbons (Fsp3) is 0.167. The first-order valence-electron chi connectivity index (χ1n) is 9.93. The highest BCUT2D eigenvalue weighted by molar-refractivity contribution is 9.10. The minimum atomic E-state index is -0.945. The Morgan fingerprint density at radius 3 is 2.29 bits per heavy atom. The van der Waals surface area contributed by atoms with Gasteiger partial charge in [0, 0.05) is 10.0 Å². The summed E-state index contributed by atoms with van der Waals surface area (Å²) in [5.74, 6) is -1.39. The Hall–Kier alpha value is -3.16. The molecule has 0 aliphatic carbocycles. The fourth-order valence-electron chi connectivity index (χ4n) is 4.27. The molecule has 3 aromatic rings. The Kier molecular flexibility index (Phi) is 5.00. The van der Waals surface area contributed by atoms with E-state index < -0.39 is 18.1 Å². The highest BCUT2D eigenvalue weighted by atomic mass is 79.9. The average molecular weight is 479 g/mol. The van der Waals surface area contributed by atoms with Gasteiger partial charge in [0.1, 0.15) is 11.7 Å². The summed E-state index contributed by atoms with van der Waals surface area (Å²) < 4.78 is 0.759. The average Bonchev–Trinajstić information content (AvgIpc) is 3.29. The molecule has 0 spiro atoms. The van der Waals surface area contributed by atoms with Crippen LogP contribution >= 0.6 is 15.9 Å². The second-order valence-electron chi connectivity index (χ2n) is 7.61. The number of likely N-dealkylation sites (tertiary alicyclic amines) is 1. The molecule has 2 aliphatic heterocycles. The number of imide groups is 1. The minimum absolute atomic E-state index is 0.0418. The highest BCUT2D eigenvalue weighted by Crippen LogP contribution is 2.49. The van der Waals surface area contributed by atoms with E-state index in [0.717, 1.165) is 10.0 Å².